The highest BCUT2D eigenvalue weighted by Crippen LogP contribution is 2.30. The Labute approximate surface area is 142 Å². The molecule has 3 rings (SSSR count). The van der Waals surface area contributed by atoms with Crippen molar-refractivity contribution in [2.24, 2.45) is 0 Å². The van der Waals surface area contributed by atoms with E-state index in [1.807, 2.05) is 24.3 Å². The zero-order valence-electron chi connectivity index (χ0n) is 10.4. The Bertz CT molecular complexity index is 890. The second-order valence-corrected chi connectivity index (χ2v) is 8.62. The normalized spacial score (nSPS) is 11.7. The summed E-state index contributed by atoms with van der Waals surface area (Å²) < 4.78 is 29.6. The van der Waals surface area contributed by atoms with Crippen molar-refractivity contribution in [1.82, 2.24) is 4.98 Å². The van der Waals surface area contributed by atoms with E-state index in [9.17, 15) is 8.42 Å². The number of rotatable bonds is 3. The molecule has 0 bridgehead atoms. The number of hydrogen-bond acceptors (Lipinski definition) is 4. The smallest absolute Gasteiger partial charge is 0.255 e. The summed E-state index contributed by atoms with van der Waals surface area (Å²) in [7, 11) is -3.69. The number of nitrogens with one attached hydrogen (secondary N) is 1. The first-order valence-electron chi connectivity index (χ1n) is 5.79. The van der Waals surface area contributed by atoms with E-state index in [-0.39, 0.29) is 4.90 Å². The van der Waals surface area contributed by atoms with Gasteiger partial charge in [0.05, 0.1) is 10.2 Å². The lowest BCUT2D eigenvalue weighted by Gasteiger charge is -2.07. The third-order valence-electron chi connectivity index (χ3n) is 2.70. The maximum absolute atomic E-state index is 12.5. The van der Waals surface area contributed by atoms with Gasteiger partial charge in [-0.1, -0.05) is 39.4 Å². The molecule has 0 aliphatic rings. The fourth-order valence-electron chi connectivity index (χ4n) is 1.77. The van der Waals surface area contributed by atoms with Crippen LogP contribution in [0.2, 0.25) is 0 Å². The minimum absolute atomic E-state index is 0.163. The molecule has 108 valence electrons. The quantitative estimate of drug-likeness (QED) is 0.637. The molecule has 3 aromatic rings. The van der Waals surface area contributed by atoms with E-state index < -0.39 is 10.0 Å². The standard InChI is InChI=1S/C13H8Br2N2O2S2/c14-8-5-6-9(15)12(7-8)21(18,19)17-13-16-10-3-1-2-4-11(10)20-13/h1-7H,(H,16,17). The molecule has 1 heterocycles. The van der Waals surface area contributed by atoms with Crippen LogP contribution in [-0.4, -0.2) is 13.4 Å². The molecule has 0 fully saturated rings. The Morgan fingerprint density at radius 2 is 1.86 bits per heavy atom. The molecule has 8 heteroatoms. The molecule has 1 N–H and O–H groups in total. The lowest BCUT2D eigenvalue weighted by Crippen LogP contribution is -2.13. The van der Waals surface area contributed by atoms with Crippen LogP contribution in [0.1, 0.15) is 0 Å². The van der Waals surface area contributed by atoms with Crippen molar-refractivity contribution < 1.29 is 8.42 Å². The topological polar surface area (TPSA) is 59.1 Å². The number of benzene rings is 2. The lowest BCUT2D eigenvalue weighted by atomic mass is 10.3. The van der Waals surface area contributed by atoms with Crippen LogP contribution < -0.4 is 4.72 Å². The second kappa shape index (κ2) is 5.68. The maximum atomic E-state index is 12.5. The van der Waals surface area contributed by atoms with Gasteiger partial charge >= 0.3 is 0 Å². The maximum Gasteiger partial charge on any atom is 0.264 e. The second-order valence-electron chi connectivity index (χ2n) is 4.17. The van der Waals surface area contributed by atoms with Crippen LogP contribution in [-0.2, 0) is 10.0 Å². The minimum atomic E-state index is -3.69. The number of halogens is 2. The molecule has 0 aliphatic carbocycles. The molecule has 1 aromatic heterocycles. The van der Waals surface area contributed by atoms with Gasteiger partial charge in [-0.05, 0) is 46.3 Å². The highest BCUT2D eigenvalue weighted by Gasteiger charge is 2.20. The summed E-state index contributed by atoms with van der Waals surface area (Å²) in [6.07, 6.45) is 0. The Hall–Kier alpha value is -0.960. The summed E-state index contributed by atoms with van der Waals surface area (Å²) in [5.74, 6) is 0. The molecule has 0 atom stereocenters. The predicted octanol–water partition coefficient (Wildman–Crippen LogP) is 4.62. The number of aromatic nitrogens is 1. The van der Waals surface area contributed by atoms with Gasteiger partial charge < -0.3 is 0 Å². The van der Waals surface area contributed by atoms with Gasteiger partial charge in [0.25, 0.3) is 10.0 Å². The Kier molecular flexibility index (Phi) is 4.04. The first kappa shape index (κ1) is 15.0. The molecule has 0 unspecified atom stereocenters. The molecule has 0 saturated carbocycles. The van der Waals surface area contributed by atoms with Crippen molar-refractivity contribution in [3.8, 4) is 0 Å². The summed E-state index contributed by atoms with van der Waals surface area (Å²) in [5.41, 5.74) is 0.772. The molecule has 2 aromatic carbocycles. The Morgan fingerprint density at radius 1 is 1.10 bits per heavy atom. The van der Waals surface area contributed by atoms with Gasteiger partial charge in [-0.15, -0.1) is 0 Å². The van der Waals surface area contributed by atoms with Crippen molar-refractivity contribution in [3.63, 3.8) is 0 Å². The van der Waals surface area contributed by atoms with E-state index in [2.05, 4.69) is 41.6 Å². The number of anilines is 1. The van der Waals surface area contributed by atoms with Gasteiger partial charge in [0.2, 0.25) is 0 Å². The van der Waals surface area contributed by atoms with Crippen LogP contribution >= 0.6 is 43.2 Å². The lowest BCUT2D eigenvalue weighted by molar-refractivity contribution is 0.600. The van der Waals surface area contributed by atoms with Crippen molar-refractivity contribution in [1.29, 1.82) is 0 Å². The van der Waals surface area contributed by atoms with Crippen LogP contribution in [0.25, 0.3) is 10.2 Å². The number of fused-ring (bicyclic) bond motifs is 1. The fourth-order valence-corrected chi connectivity index (χ4v) is 5.37. The fraction of sp³-hybridized carbons (Fsp3) is 0. The van der Waals surface area contributed by atoms with Gasteiger partial charge in [0.1, 0.15) is 4.90 Å². The van der Waals surface area contributed by atoms with E-state index >= 15 is 0 Å². The number of sulfonamides is 1. The molecule has 0 spiro atoms. The summed E-state index contributed by atoms with van der Waals surface area (Å²) in [5, 5.41) is 0.350. The van der Waals surface area contributed by atoms with Crippen LogP contribution in [0.5, 0.6) is 0 Å². The molecule has 0 aliphatic heterocycles. The number of nitrogens with zero attached hydrogens (tertiary/aromatic N) is 1. The molecule has 0 amide bonds. The van der Waals surface area contributed by atoms with Crippen LogP contribution in [0.3, 0.4) is 0 Å². The van der Waals surface area contributed by atoms with Crippen LogP contribution in [0, 0.1) is 0 Å². The minimum Gasteiger partial charge on any atom is -0.255 e. The average molecular weight is 448 g/mol. The van der Waals surface area contributed by atoms with E-state index in [1.165, 1.54) is 11.3 Å². The molecule has 4 nitrogen and oxygen atoms in total. The summed E-state index contributed by atoms with van der Waals surface area (Å²) in [6, 6.07) is 12.5. The first-order valence-corrected chi connectivity index (χ1v) is 9.68. The van der Waals surface area contributed by atoms with Crippen molar-refractivity contribution in [2.45, 2.75) is 4.90 Å². The van der Waals surface area contributed by atoms with Crippen LogP contribution in [0.15, 0.2) is 56.3 Å². The Morgan fingerprint density at radius 3 is 2.62 bits per heavy atom. The third kappa shape index (κ3) is 3.13. The number of thiazole rings is 1. The summed E-state index contributed by atoms with van der Waals surface area (Å²) >= 11 is 7.83. The van der Waals surface area contributed by atoms with Gasteiger partial charge in [0.15, 0.2) is 5.13 Å². The first-order chi connectivity index (χ1) is 9.95. The zero-order chi connectivity index (χ0) is 15.0. The van der Waals surface area contributed by atoms with Gasteiger partial charge in [-0.3, -0.25) is 4.72 Å². The number of para-hydroxylation sites is 1. The SMILES string of the molecule is O=S(=O)(Nc1nc2ccccc2s1)c1cc(Br)ccc1Br. The molecule has 21 heavy (non-hydrogen) atoms. The van der Waals surface area contributed by atoms with Gasteiger partial charge in [0, 0.05) is 8.95 Å². The predicted molar refractivity (Wildman–Crippen MR) is 92.3 cm³/mol. The zero-order valence-corrected chi connectivity index (χ0v) is 15.2. The van der Waals surface area contributed by atoms with Gasteiger partial charge in [-0.2, -0.15) is 0 Å². The van der Waals surface area contributed by atoms with Gasteiger partial charge in [-0.25, -0.2) is 13.4 Å². The van der Waals surface area contributed by atoms with E-state index in [4.69, 9.17) is 0 Å². The summed E-state index contributed by atoms with van der Waals surface area (Å²) in [6.45, 7) is 0. The number of hydrogen-bond donors (Lipinski definition) is 1. The largest absolute Gasteiger partial charge is 0.264 e. The van der Waals surface area contributed by atoms with E-state index in [0.29, 0.717) is 14.1 Å². The highest BCUT2D eigenvalue weighted by molar-refractivity contribution is 9.11. The van der Waals surface area contributed by atoms with Crippen molar-refractivity contribution in [3.05, 3.63) is 51.4 Å². The van der Waals surface area contributed by atoms with Crippen molar-refractivity contribution >= 4 is 68.6 Å². The monoisotopic (exact) mass is 446 g/mol. The van der Waals surface area contributed by atoms with Crippen LogP contribution in [0.4, 0.5) is 5.13 Å². The molecule has 0 radical (unpaired) electrons. The van der Waals surface area contributed by atoms with E-state index in [0.717, 1.165) is 10.2 Å². The highest BCUT2D eigenvalue weighted by atomic mass is 79.9. The molecular weight excluding hydrogens is 440 g/mol. The third-order valence-corrected chi connectivity index (χ3v) is 6.61. The Balaban J connectivity index is 2.01. The molecule has 0 saturated heterocycles. The molecular formula is C13H8Br2N2O2S2. The van der Waals surface area contributed by atoms with Crippen molar-refractivity contribution in [2.75, 3.05) is 4.72 Å². The summed E-state index contributed by atoms with van der Waals surface area (Å²) in [4.78, 5) is 4.44. The average Bonchev–Trinajstić information content (AvgIpc) is 2.82. The van der Waals surface area contributed by atoms with E-state index in [1.54, 1.807) is 18.2 Å².